The Hall–Kier alpha value is -1.27. The van der Waals surface area contributed by atoms with Crippen LogP contribution >= 0.6 is 0 Å². The second-order valence-electron chi connectivity index (χ2n) is 4.96. The van der Waals surface area contributed by atoms with Gasteiger partial charge in [0.2, 0.25) is 10.0 Å². The second-order valence-corrected chi connectivity index (χ2v) is 6.49. The molecule has 5 nitrogen and oxygen atoms in total. The lowest BCUT2D eigenvalue weighted by molar-refractivity contribution is 0.554. The molecule has 0 bridgehead atoms. The molecule has 0 radical (unpaired) electrons. The van der Waals surface area contributed by atoms with Crippen molar-refractivity contribution in [3.8, 4) is 0 Å². The van der Waals surface area contributed by atoms with Gasteiger partial charge in [0.1, 0.15) is 4.90 Å². The molecule has 0 aromatic heterocycles. The molecule has 6 heteroatoms. The fourth-order valence-corrected chi connectivity index (χ4v) is 3.19. The van der Waals surface area contributed by atoms with Crippen LogP contribution in [0.25, 0.3) is 0 Å². The summed E-state index contributed by atoms with van der Waals surface area (Å²) in [6.45, 7) is 2.17. The van der Waals surface area contributed by atoms with E-state index in [-0.39, 0.29) is 4.90 Å². The van der Waals surface area contributed by atoms with E-state index in [1.54, 1.807) is 12.1 Å². The molecule has 0 saturated heterocycles. The second kappa shape index (κ2) is 4.78. The summed E-state index contributed by atoms with van der Waals surface area (Å²) in [5.74, 6) is 0.538. The molecule has 5 N–H and O–H groups in total. The van der Waals surface area contributed by atoms with E-state index in [4.69, 9.17) is 10.9 Å². The van der Waals surface area contributed by atoms with E-state index in [2.05, 4.69) is 12.2 Å². The van der Waals surface area contributed by atoms with E-state index < -0.39 is 10.0 Å². The largest absolute Gasteiger partial charge is 0.399 e. The minimum Gasteiger partial charge on any atom is -0.399 e. The van der Waals surface area contributed by atoms with Crippen molar-refractivity contribution in [3.05, 3.63) is 18.2 Å². The van der Waals surface area contributed by atoms with Crippen LogP contribution in [0.1, 0.15) is 26.2 Å². The topological polar surface area (TPSA) is 98.2 Å². The molecule has 18 heavy (non-hydrogen) atoms. The maximum atomic E-state index is 11.5. The van der Waals surface area contributed by atoms with Gasteiger partial charge in [-0.1, -0.05) is 13.3 Å². The Kier molecular flexibility index (Phi) is 3.49. The van der Waals surface area contributed by atoms with E-state index in [1.807, 2.05) is 0 Å². The molecule has 1 aliphatic rings. The molecule has 0 amide bonds. The van der Waals surface area contributed by atoms with Crippen molar-refractivity contribution in [1.82, 2.24) is 0 Å². The zero-order valence-electron chi connectivity index (χ0n) is 10.4. The zero-order chi connectivity index (χ0) is 13.3. The van der Waals surface area contributed by atoms with Gasteiger partial charge in [-0.05, 0) is 37.0 Å². The molecule has 1 aromatic rings. The Morgan fingerprint density at radius 1 is 1.33 bits per heavy atom. The van der Waals surface area contributed by atoms with Crippen molar-refractivity contribution in [1.29, 1.82) is 0 Å². The van der Waals surface area contributed by atoms with Crippen molar-refractivity contribution in [2.75, 3.05) is 11.1 Å². The van der Waals surface area contributed by atoms with Gasteiger partial charge in [-0.25, -0.2) is 13.6 Å². The van der Waals surface area contributed by atoms with E-state index in [1.165, 1.54) is 12.5 Å². The maximum absolute atomic E-state index is 11.5. The van der Waals surface area contributed by atoms with Crippen molar-refractivity contribution in [3.63, 3.8) is 0 Å². The lowest BCUT2D eigenvalue weighted by Crippen LogP contribution is -2.24. The van der Waals surface area contributed by atoms with Crippen LogP contribution < -0.4 is 16.2 Å². The minimum atomic E-state index is -3.76. The van der Waals surface area contributed by atoms with Gasteiger partial charge in [0.25, 0.3) is 0 Å². The summed E-state index contributed by atoms with van der Waals surface area (Å²) in [5, 5.41) is 8.49. The maximum Gasteiger partial charge on any atom is 0.240 e. The van der Waals surface area contributed by atoms with Crippen LogP contribution in [0.3, 0.4) is 0 Å². The van der Waals surface area contributed by atoms with Crippen LogP contribution in [0.2, 0.25) is 0 Å². The van der Waals surface area contributed by atoms with Crippen LogP contribution in [0.15, 0.2) is 23.1 Å². The fraction of sp³-hybridized carbons (Fsp3) is 0.500. The molecular weight excluding hydrogens is 250 g/mol. The van der Waals surface area contributed by atoms with Crippen molar-refractivity contribution in [2.24, 2.45) is 11.1 Å². The fourth-order valence-electron chi connectivity index (χ4n) is 2.45. The number of rotatable bonds is 3. The SMILES string of the molecule is CC1CCCC1Nc1ccc(N)cc1S(N)(=O)=O. The van der Waals surface area contributed by atoms with E-state index >= 15 is 0 Å². The smallest absolute Gasteiger partial charge is 0.240 e. The van der Waals surface area contributed by atoms with Crippen molar-refractivity contribution >= 4 is 21.4 Å². The van der Waals surface area contributed by atoms with Gasteiger partial charge < -0.3 is 11.1 Å². The molecule has 1 fully saturated rings. The summed E-state index contributed by atoms with van der Waals surface area (Å²) in [6.07, 6.45) is 3.38. The minimum absolute atomic E-state index is 0.0709. The molecule has 1 aromatic carbocycles. The Labute approximate surface area is 108 Å². The summed E-state index contributed by atoms with van der Waals surface area (Å²) >= 11 is 0. The van der Waals surface area contributed by atoms with E-state index in [0.29, 0.717) is 23.3 Å². The molecule has 1 saturated carbocycles. The predicted octanol–water partition coefficient (Wildman–Crippen LogP) is 1.52. The lowest BCUT2D eigenvalue weighted by Gasteiger charge is -2.20. The molecule has 0 aliphatic heterocycles. The first-order valence-corrected chi connectivity index (χ1v) is 7.61. The van der Waals surface area contributed by atoms with Crippen LogP contribution in [-0.4, -0.2) is 14.5 Å². The van der Waals surface area contributed by atoms with Gasteiger partial charge in [-0.15, -0.1) is 0 Å². The number of nitrogen functional groups attached to an aromatic ring is 1. The number of hydrogen-bond donors (Lipinski definition) is 3. The quantitative estimate of drug-likeness (QED) is 0.724. The zero-order valence-corrected chi connectivity index (χ0v) is 11.2. The van der Waals surface area contributed by atoms with Crippen LogP contribution in [-0.2, 0) is 10.0 Å². The highest BCUT2D eigenvalue weighted by atomic mass is 32.2. The van der Waals surface area contributed by atoms with Crippen LogP contribution in [0, 0.1) is 5.92 Å². The number of benzene rings is 1. The highest BCUT2D eigenvalue weighted by Crippen LogP contribution is 2.31. The summed E-state index contributed by atoms with van der Waals surface area (Å²) < 4.78 is 23.1. The molecule has 0 spiro atoms. The number of hydrogen-bond acceptors (Lipinski definition) is 4. The Morgan fingerprint density at radius 2 is 2.06 bits per heavy atom. The van der Waals surface area contributed by atoms with E-state index in [9.17, 15) is 8.42 Å². The lowest BCUT2D eigenvalue weighted by atomic mass is 10.1. The molecule has 2 atom stereocenters. The molecule has 1 aliphatic carbocycles. The first kappa shape index (κ1) is 13.2. The molecule has 2 rings (SSSR count). The van der Waals surface area contributed by atoms with Gasteiger partial charge in [0, 0.05) is 11.7 Å². The van der Waals surface area contributed by atoms with Crippen LogP contribution in [0.4, 0.5) is 11.4 Å². The summed E-state index contributed by atoms with van der Waals surface area (Å²) in [5.41, 5.74) is 6.55. The standard InChI is InChI=1S/C12H19N3O2S/c1-8-3-2-4-10(8)15-11-6-5-9(13)7-12(11)18(14,16)17/h5-8,10,15H,2-4,13H2,1H3,(H2,14,16,17). The third-order valence-electron chi connectivity index (χ3n) is 3.51. The number of anilines is 2. The number of primary sulfonamides is 1. The Balaban J connectivity index is 2.33. The monoisotopic (exact) mass is 269 g/mol. The number of nitrogens with one attached hydrogen (secondary N) is 1. The van der Waals surface area contributed by atoms with Gasteiger partial charge in [0.05, 0.1) is 5.69 Å². The predicted molar refractivity (Wildman–Crippen MR) is 72.7 cm³/mol. The molecule has 2 unspecified atom stereocenters. The van der Waals surface area contributed by atoms with Crippen LogP contribution in [0.5, 0.6) is 0 Å². The Morgan fingerprint density at radius 3 is 2.61 bits per heavy atom. The number of sulfonamides is 1. The average molecular weight is 269 g/mol. The van der Waals surface area contributed by atoms with Crippen molar-refractivity contribution < 1.29 is 8.42 Å². The van der Waals surface area contributed by atoms with Gasteiger partial charge in [-0.2, -0.15) is 0 Å². The van der Waals surface area contributed by atoms with E-state index in [0.717, 1.165) is 12.8 Å². The van der Waals surface area contributed by atoms with Crippen molar-refractivity contribution in [2.45, 2.75) is 37.1 Å². The van der Waals surface area contributed by atoms with Gasteiger partial charge in [0.15, 0.2) is 0 Å². The summed E-state index contributed by atoms with van der Waals surface area (Å²) in [7, 11) is -3.76. The summed E-state index contributed by atoms with van der Waals surface area (Å²) in [6, 6.07) is 5.06. The van der Waals surface area contributed by atoms with Gasteiger partial charge in [-0.3, -0.25) is 0 Å². The Bertz CT molecular complexity index is 542. The average Bonchev–Trinajstić information content (AvgIpc) is 2.66. The first-order valence-electron chi connectivity index (χ1n) is 6.07. The molecule has 0 heterocycles. The molecular formula is C12H19N3O2S. The molecule has 100 valence electrons. The third kappa shape index (κ3) is 2.76. The highest BCUT2D eigenvalue weighted by Gasteiger charge is 2.25. The normalized spacial score (nSPS) is 24.1. The van der Waals surface area contributed by atoms with Gasteiger partial charge >= 0.3 is 0 Å². The highest BCUT2D eigenvalue weighted by molar-refractivity contribution is 7.89. The third-order valence-corrected chi connectivity index (χ3v) is 4.47. The first-order chi connectivity index (χ1) is 8.38. The summed E-state index contributed by atoms with van der Waals surface area (Å²) in [4.78, 5) is 0.0709. The number of nitrogens with two attached hydrogens (primary N) is 2.